The van der Waals surface area contributed by atoms with Gasteiger partial charge in [-0.1, -0.05) is 30.3 Å². The highest BCUT2D eigenvalue weighted by molar-refractivity contribution is 5.88. The van der Waals surface area contributed by atoms with Crippen molar-refractivity contribution in [1.82, 2.24) is 14.7 Å². The lowest BCUT2D eigenvalue weighted by atomic mass is 10.1. The van der Waals surface area contributed by atoms with Gasteiger partial charge in [-0.2, -0.15) is 0 Å². The summed E-state index contributed by atoms with van der Waals surface area (Å²) in [5, 5.41) is 0. The van der Waals surface area contributed by atoms with E-state index in [-0.39, 0.29) is 30.8 Å². The number of rotatable bonds is 11. The number of carbonyl (C=O) groups is 3. The first-order valence-corrected chi connectivity index (χ1v) is 12.3. The van der Waals surface area contributed by atoms with Gasteiger partial charge in [0.2, 0.25) is 11.8 Å². The van der Waals surface area contributed by atoms with E-state index in [4.69, 9.17) is 0 Å². The summed E-state index contributed by atoms with van der Waals surface area (Å²) in [6, 6.07) is 10.3. The summed E-state index contributed by atoms with van der Waals surface area (Å²) in [6.07, 6.45) is 3.52. The molecule has 0 aromatic heterocycles. The number of piperidine rings is 1. The van der Waals surface area contributed by atoms with Crippen LogP contribution >= 0.6 is 0 Å². The van der Waals surface area contributed by atoms with Crippen LogP contribution in [0.4, 0.5) is 0 Å². The Balaban J connectivity index is 1.76. The number of likely N-dealkylation sites (N-methyl/N-ethyl adjacent to an activating group) is 5. The molecular formula is C26H45N5O3+2. The summed E-state index contributed by atoms with van der Waals surface area (Å²) in [6.45, 7) is 4.75. The number of hydrogen-bond donors (Lipinski definition) is 0. The van der Waals surface area contributed by atoms with Gasteiger partial charge in [-0.15, -0.1) is 0 Å². The third-order valence-corrected chi connectivity index (χ3v) is 6.93. The molecular weight excluding hydrogens is 430 g/mol. The molecule has 0 saturated carbocycles. The van der Waals surface area contributed by atoms with Gasteiger partial charge in [-0.05, 0) is 19.3 Å². The molecule has 8 heteroatoms. The van der Waals surface area contributed by atoms with Crippen molar-refractivity contribution in [2.75, 3.05) is 88.1 Å². The molecule has 0 bridgehead atoms. The van der Waals surface area contributed by atoms with Gasteiger partial charge in [0.1, 0.15) is 6.54 Å². The topological polar surface area (TPSA) is 60.9 Å². The molecule has 8 nitrogen and oxygen atoms in total. The van der Waals surface area contributed by atoms with Crippen molar-refractivity contribution in [3.63, 3.8) is 0 Å². The average molecular weight is 476 g/mol. The van der Waals surface area contributed by atoms with E-state index >= 15 is 0 Å². The number of quaternary nitrogens is 2. The van der Waals surface area contributed by atoms with E-state index in [1.54, 1.807) is 26.0 Å². The molecule has 1 aromatic carbocycles. The van der Waals surface area contributed by atoms with Gasteiger partial charge in [-0.25, -0.2) is 0 Å². The second-order valence-electron chi connectivity index (χ2n) is 10.9. The van der Waals surface area contributed by atoms with E-state index in [0.29, 0.717) is 13.1 Å². The molecule has 0 unspecified atom stereocenters. The van der Waals surface area contributed by atoms with Gasteiger partial charge < -0.3 is 23.7 Å². The second-order valence-corrected chi connectivity index (χ2v) is 10.9. The summed E-state index contributed by atoms with van der Waals surface area (Å²) in [5.41, 5.74) is 1.27. The molecule has 0 spiro atoms. The largest absolute Gasteiger partial charge is 0.339 e. The number of carbonyl (C=O) groups excluding carboxylic acids is 3. The molecule has 3 amide bonds. The van der Waals surface area contributed by atoms with Crippen LogP contribution in [0.1, 0.15) is 24.8 Å². The number of hydrogen-bond acceptors (Lipinski definition) is 3. The molecule has 1 aromatic rings. The molecule has 1 aliphatic heterocycles. The van der Waals surface area contributed by atoms with Crippen molar-refractivity contribution in [2.24, 2.45) is 0 Å². The quantitative estimate of drug-likeness (QED) is 0.453. The number of likely N-dealkylation sites (tertiary alicyclic amines) is 1. The van der Waals surface area contributed by atoms with Crippen molar-refractivity contribution < 1.29 is 23.3 Å². The van der Waals surface area contributed by atoms with Crippen LogP contribution in [0.15, 0.2) is 30.3 Å². The second kappa shape index (κ2) is 12.3. The van der Waals surface area contributed by atoms with Gasteiger partial charge in [0.15, 0.2) is 6.54 Å². The molecule has 0 atom stereocenters. The fourth-order valence-corrected chi connectivity index (χ4v) is 4.41. The van der Waals surface area contributed by atoms with Crippen LogP contribution in [0.3, 0.4) is 0 Å². The van der Waals surface area contributed by atoms with Crippen LogP contribution in [0.25, 0.3) is 0 Å². The van der Waals surface area contributed by atoms with Gasteiger partial charge in [-0.3, -0.25) is 14.4 Å². The minimum atomic E-state index is -0.223. The molecule has 2 rings (SSSR count). The maximum absolute atomic E-state index is 12.7. The highest BCUT2D eigenvalue weighted by Gasteiger charge is 2.30. The Kier molecular flexibility index (Phi) is 10.1. The normalized spacial score (nSPS) is 15.5. The summed E-state index contributed by atoms with van der Waals surface area (Å²) in [7, 11) is 11.5. The Bertz CT molecular complexity index is 821. The lowest BCUT2D eigenvalue weighted by molar-refractivity contribution is -0.906. The van der Waals surface area contributed by atoms with Crippen LogP contribution in [-0.2, 0) is 20.9 Å². The molecule has 1 aliphatic rings. The van der Waals surface area contributed by atoms with Crippen LogP contribution in [0.2, 0.25) is 0 Å². The smallest absolute Gasteiger partial charge is 0.278 e. The van der Waals surface area contributed by atoms with E-state index < -0.39 is 0 Å². The number of nitrogens with zero attached hydrogens (tertiary/aromatic N) is 5. The lowest BCUT2D eigenvalue weighted by Crippen LogP contribution is -2.54. The van der Waals surface area contributed by atoms with Crippen LogP contribution in [0.5, 0.6) is 0 Å². The first kappa shape index (κ1) is 27.8. The number of benzene rings is 1. The van der Waals surface area contributed by atoms with Crippen molar-refractivity contribution in [3.05, 3.63) is 35.9 Å². The SMILES string of the molecule is CN(CC[N+](C)(C)Cc1ccccc1)C(=O)CN(C)C(=O)CN(C)C(=O)C[N+]1(C)CCCCC1. The fourth-order valence-electron chi connectivity index (χ4n) is 4.41. The van der Waals surface area contributed by atoms with Crippen LogP contribution < -0.4 is 0 Å². The highest BCUT2D eigenvalue weighted by atomic mass is 16.2. The Morgan fingerprint density at radius 2 is 1.35 bits per heavy atom. The molecule has 0 N–H and O–H groups in total. The van der Waals surface area contributed by atoms with E-state index in [1.165, 1.54) is 21.8 Å². The Morgan fingerprint density at radius 3 is 1.94 bits per heavy atom. The van der Waals surface area contributed by atoms with Crippen molar-refractivity contribution in [2.45, 2.75) is 25.8 Å². The minimum Gasteiger partial charge on any atom is -0.339 e. The zero-order chi connectivity index (χ0) is 25.4. The summed E-state index contributed by atoms with van der Waals surface area (Å²) < 4.78 is 1.51. The van der Waals surface area contributed by atoms with E-state index in [2.05, 4.69) is 33.3 Å². The molecule has 0 aliphatic carbocycles. The van der Waals surface area contributed by atoms with E-state index in [1.807, 2.05) is 18.2 Å². The monoisotopic (exact) mass is 475 g/mol. The maximum Gasteiger partial charge on any atom is 0.278 e. The average Bonchev–Trinajstić information content (AvgIpc) is 2.77. The van der Waals surface area contributed by atoms with Gasteiger partial charge >= 0.3 is 0 Å². The summed E-state index contributed by atoms with van der Waals surface area (Å²) in [4.78, 5) is 42.6. The minimum absolute atomic E-state index is 0.00662. The zero-order valence-corrected chi connectivity index (χ0v) is 22.1. The predicted octanol–water partition coefficient (Wildman–Crippen LogP) is 1.27. The predicted molar refractivity (Wildman–Crippen MR) is 135 cm³/mol. The van der Waals surface area contributed by atoms with Crippen LogP contribution in [-0.4, -0.2) is 129 Å². The van der Waals surface area contributed by atoms with E-state index in [9.17, 15) is 14.4 Å². The van der Waals surface area contributed by atoms with Crippen molar-refractivity contribution >= 4 is 17.7 Å². The highest BCUT2D eigenvalue weighted by Crippen LogP contribution is 2.16. The molecule has 1 saturated heterocycles. The van der Waals surface area contributed by atoms with Gasteiger partial charge in [0.25, 0.3) is 5.91 Å². The van der Waals surface area contributed by atoms with Gasteiger partial charge in [0.05, 0.1) is 60.4 Å². The Hall–Kier alpha value is -2.45. The van der Waals surface area contributed by atoms with Crippen molar-refractivity contribution in [1.29, 1.82) is 0 Å². The Labute approximate surface area is 205 Å². The third kappa shape index (κ3) is 9.06. The number of amides is 3. The van der Waals surface area contributed by atoms with Crippen LogP contribution in [0, 0.1) is 0 Å². The molecule has 1 fully saturated rings. The molecule has 190 valence electrons. The lowest BCUT2D eigenvalue weighted by Gasteiger charge is -2.38. The first-order valence-electron chi connectivity index (χ1n) is 12.3. The molecule has 1 heterocycles. The fraction of sp³-hybridized carbons (Fsp3) is 0.654. The standard InChI is InChI=1S/C26H45N5O3/c1-27(15-18-30(4,5)21-23-13-9-7-10-14-23)24(32)19-28(2)25(33)20-29(3)26(34)22-31(6)16-11-8-12-17-31/h7,9-10,13-14H,8,11-12,15-22H2,1-6H3/q+2. The van der Waals surface area contributed by atoms with Crippen molar-refractivity contribution in [3.8, 4) is 0 Å². The summed E-state index contributed by atoms with van der Waals surface area (Å²) >= 11 is 0. The van der Waals surface area contributed by atoms with E-state index in [0.717, 1.165) is 48.0 Å². The maximum atomic E-state index is 12.7. The first-order chi connectivity index (χ1) is 15.9. The Morgan fingerprint density at radius 1 is 0.824 bits per heavy atom. The molecule has 0 radical (unpaired) electrons. The summed E-state index contributed by atoms with van der Waals surface area (Å²) in [5.74, 6) is -0.344. The molecule has 34 heavy (non-hydrogen) atoms. The zero-order valence-electron chi connectivity index (χ0n) is 22.1. The third-order valence-electron chi connectivity index (χ3n) is 6.93. The van der Waals surface area contributed by atoms with Gasteiger partial charge in [0, 0.05) is 26.7 Å².